The van der Waals surface area contributed by atoms with Crippen molar-refractivity contribution in [2.75, 3.05) is 147 Å². The van der Waals surface area contributed by atoms with E-state index in [0.29, 0.717) is 149 Å². The topological polar surface area (TPSA) is 173 Å². The molecule has 16 heteroatoms. The second-order valence-corrected chi connectivity index (χ2v) is 19.2. The maximum atomic E-state index is 10.6. The maximum absolute atomic E-state index is 10.6. The SMILES string of the molecule is C=Cc1ccc(COCCCC2(C)OC(=C(C#N)C#N)C(C#N)=C2/C=C/c2ccc(N3CCOc4cc(C)ccc4N4CCOCCOCCN(CCOCCOCC4)c4ccc(C)cc4OCC3)c(OCCOC)c2)cc1. The number of nitriles is 3. The second kappa shape index (κ2) is 30.6. The van der Waals surface area contributed by atoms with E-state index in [1.807, 2.05) is 73.7 Å². The summed E-state index contributed by atoms with van der Waals surface area (Å²) in [5, 5.41) is 30.4. The molecule has 412 valence electrons. The van der Waals surface area contributed by atoms with E-state index in [-0.39, 0.29) is 23.5 Å². The molecule has 1 atom stereocenters. The molecule has 4 aliphatic heterocycles. The predicted octanol–water partition coefficient (Wildman–Crippen LogP) is 9.56. The third kappa shape index (κ3) is 16.6. The summed E-state index contributed by atoms with van der Waals surface area (Å²) in [6, 6.07) is 32.6. The van der Waals surface area contributed by atoms with Crippen molar-refractivity contribution >= 4 is 29.2 Å². The number of rotatable bonds is 14. The Hall–Kier alpha value is -7.33. The third-order valence-electron chi connectivity index (χ3n) is 13.6. The average molecular weight is 1060 g/mol. The number of hydrogen-bond donors (Lipinski definition) is 0. The molecule has 4 heterocycles. The lowest BCUT2D eigenvalue weighted by Crippen LogP contribution is -2.34. The molecule has 4 aromatic carbocycles. The van der Waals surface area contributed by atoms with Crippen LogP contribution in [-0.4, -0.2) is 138 Å². The first-order valence-corrected chi connectivity index (χ1v) is 26.8. The van der Waals surface area contributed by atoms with E-state index in [1.165, 1.54) is 0 Å². The first-order valence-electron chi connectivity index (χ1n) is 26.8. The van der Waals surface area contributed by atoms with Gasteiger partial charge in [0.05, 0.1) is 96.2 Å². The molecule has 1 saturated heterocycles. The van der Waals surface area contributed by atoms with E-state index in [1.54, 1.807) is 13.2 Å². The molecule has 0 amide bonds. The Morgan fingerprint density at radius 3 is 1.68 bits per heavy atom. The molecule has 0 spiro atoms. The Bertz CT molecular complexity index is 2710. The highest BCUT2D eigenvalue weighted by molar-refractivity contribution is 5.69. The second-order valence-electron chi connectivity index (χ2n) is 19.2. The summed E-state index contributed by atoms with van der Waals surface area (Å²) in [6.45, 7) is 19.2. The summed E-state index contributed by atoms with van der Waals surface area (Å²) in [5.74, 6) is 2.08. The van der Waals surface area contributed by atoms with E-state index in [4.69, 9.17) is 47.4 Å². The molecule has 0 saturated carbocycles. The molecule has 1 unspecified atom stereocenters. The molecule has 4 aliphatic rings. The number of aryl methyl sites for hydroxylation is 2. The van der Waals surface area contributed by atoms with Gasteiger partial charge in [0, 0.05) is 45.5 Å². The lowest BCUT2D eigenvalue weighted by molar-refractivity contribution is 0.0435. The van der Waals surface area contributed by atoms with E-state index in [9.17, 15) is 15.8 Å². The lowest BCUT2D eigenvalue weighted by Gasteiger charge is -2.30. The number of ether oxygens (including phenoxy) is 10. The minimum atomic E-state index is -1.05. The van der Waals surface area contributed by atoms with Crippen LogP contribution in [0.3, 0.4) is 0 Å². The van der Waals surface area contributed by atoms with Crippen molar-refractivity contribution in [3.8, 4) is 35.5 Å². The van der Waals surface area contributed by atoms with Gasteiger partial charge in [-0.05, 0) is 97.8 Å². The molecule has 0 aliphatic carbocycles. The first kappa shape index (κ1) is 58.4. The van der Waals surface area contributed by atoms with Crippen LogP contribution in [0.1, 0.15) is 47.6 Å². The number of anilines is 3. The number of hydrogen-bond acceptors (Lipinski definition) is 16. The highest BCUT2D eigenvalue weighted by Crippen LogP contribution is 2.44. The highest BCUT2D eigenvalue weighted by Gasteiger charge is 2.42. The number of methoxy groups -OCH3 is 1. The van der Waals surface area contributed by atoms with Crippen molar-refractivity contribution in [3.63, 3.8) is 0 Å². The van der Waals surface area contributed by atoms with Crippen LogP contribution in [0.25, 0.3) is 12.2 Å². The van der Waals surface area contributed by atoms with Crippen LogP contribution in [-0.2, 0) is 39.8 Å². The summed E-state index contributed by atoms with van der Waals surface area (Å²) >= 11 is 0. The van der Waals surface area contributed by atoms with Crippen LogP contribution >= 0.6 is 0 Å². The normalized spacial score (nSPS) is 18.3. The largest absolute Gasteiger partial charge is 0.490 e. The fourth-order valence-corrected chi connectivity index (χ4v) is 9.38. The summed E-state index contributed by atoms with van der Waals surface area (Å²) in [6.07, 6.45) is 6.55. The molecule has 0 aromatic heterocycles. The number of allylic oxidation sites excluding steroid dienone is 2. The van der Waals surface area contributed by atoms with Crippen LogP contribution < -0.4 is 28.9 Å². The molecule has 2 bridgehead atoms. The zero-order valence-electron chi connectivity index (χ0n) is 45.8. The Labute approximate surface area is 460 Å². The lowest BCUT2D eigenvalue weighted by atomic mass is 9.88. The van der Waals surface area contributed by atoms with Crippen molar-refractivity contribution in [1.82, 2.24) is 0 Å². The van der Waals surface area contributed by atoms with Crippen molar-refractivity contribution in [1.29, 1.82) is 15.8 Å². The van der Waals surface area contributed by atoms with Crippen molar-refractivity contribution < 1.29 is 47.4 Å². The molecular weight excluding hydrogens is 989 g/mol. The van der Waals surface area contributed by atoms with Crippen molar-refractivity contribution in [3.05, 3.63) is 142 Å². The van der Waals surface area contributed by atoms with Gasteiger partial charge in [-0.15, -0.1) is 0 Å². The van der Waals surface area contributed by atoms with Gasteiger partial charge in [-0.2, -0.15) is 15.8 Å². The molecule has 8 rings (SSSR count). The monoisotopic (exact) mass is 1060 g/mol. The van der Waals surface area contributed by atoms with Crippen molar-refractivity contribution in [2.45, 2.75) is 45.8 Å². The van der Waals surface area contributed by atoms with Crippen molar-refractivity contribution in [2.24, 2.45) is 0 Å². The first-order chi connectivity index (χ1) is 38.2. The zero-order chi connectivity index (χ0) is 55.0. The minimum absolute atomic E-state index is 0.0248. The smallest absolute Gasteiger partial charge is 0.172 e. The quantitative estimate of drug-likeness (QED) is 0.0663. The molecule has 0 N–H and O–H groups in total. The van der Waals surface area contributed by atoms with Gasteiger partial charge in [-0.1, -0.05) is 67.3 Å². The predicted molar refractivity (Wildman–Crippen MR) is 302 cm³/mol. The van der Waals surface area contributed by atoms with Crippen LogP contribution in [0.4, 0.5) is 17.1 Å². The van der Waals surface area contributed by atoms with E-state index in [2.05, 4.69) is 77.6 Å². The molecule has 4 aromatic rings. The summed E-state index contributed by atoms with van der Waals surface area (Å²) < 4.78 is 62.5. The standard InChI is InChI=1S/C62H74N6O10/c1-6-49-10-12-51(13-11-49)46-74-27-7-20-62(4)54(53(45-65)61(78-62)52(43-63)44-64)16-14-50-15-19-57(60(42-50)77-39-34-69-5)68-25-32-75-58-40-47(2)8-17-55(58)66-21-28-70-35-37-72-30-23-67(24-31-73-38-36-71-29-22-66)56-18-9-48(3)41-59(56)76-33-26-68/h6,8-19,40-42H,1,7,20-39,46H2,2-5H3/b16-14+. The molecule has 1 fully saturated rings. The molecule has 16 nitrogen and oxygen atoms in total. The summed E-state index contributed by atoms with van der Waals surface area (Å²) in [7, 11) is 1.63. The van der Waals surface area contributed by atoms with E-state index >= 15 is 0 Å². The van der Waals surface area contributed by atoms with Crippen LogP contribution in [0.5, 0.6) is 17.2 Å². The average Bonchev–Trinajstić information content (AvgIpc) is 3.76. The Morgan fingerprint density at radius 1 is 0.628 bits per heavy atom. The van der Waals surface area contributed by atoms with Crippen LogP contribution in [0.2, 0.25) is 0 Å². The maximum Gasteiger partial charge on any atom is 0.172 e. The summed E-state index contributed by atoms with van der Waals surface area (Å²) in [5.41, 5.74) is 7.05. The fraction of sp³-hybridized carbons (Fsp3) is 0.435. The minimum Gasteiger partial charge on any atom is -0.490 e. The molecule has 0 radical (unpaired) electrons. The Balaban J connectivity index is 1.21. The molecule has 78 heavy (non-hydrogen) atoms. The van der Waals surface area contributed by atoms with Crippen LogP contribution in [0.15, 0.2) is 114 Å². The van der Waals surface area contributed by atoms with Gasteiger partial charge in [0.25, 0.3) is 0 Å². The van der Waals surface area contributed by atoms with Crippen LogP contribution in [0, 0.1) is 47.8 Å². The van der Waals surface area contributed by atoms with E-state index in [0.717, 1.165) is 56.4 Å². The van der Waals surface area contributed by atoms with Gasteiger partial charge < -0.3 is 62.1 Å². The Morgan fingerprint density at radius 2 is 1.15 bits per heavy atom. The molecular formula is C62H74N6O10. The fourth-order valence-electron chi connectivity index (χ4n) is 9.38. The van der Waals surface area contributed by atoms with Gasteiger partial charge >= 0.3 is 0 Å². The van der Waals surface area contributed by atoms with Gasteiger partial charge in [0.15, 0.2) is 11.3 Å². The Kier molecular flexibility index (Phi) is 22.9. The number of fused-ring (bicyclic) bond motifs is 20. The van der Waals surface area contributed by atoms with Gasteiger partial charge in [0.1, 0.15) is 66.5 Å². The van der Waals surface area contributed by atoms with Gasteiger partial charge in [-0.3, -0.25) is 0 Å². The van der Waals surface area contributed by atoms with Gasteiger partial charge in [0.2, 0.25) is 0 Å². The highest BCUT2D eigenvalue weighted by atomic mass is 16.5. The zero-order valence-corrected chi connectivity index (χ0v) is 45.8. The van der Waals surface area contributed by atoms with Gasteiger partial charge in [-0.25, -0.2) is 0 Å². The summed E-state index contributed by atoms with van der Waals surface area (Å²) in [4.78, 5) is 6.71. The van der Waals surface area contributed by atoms with E-state index < -0.39 is 5.60 Å². The number of nitrogens with zero attached hydrogens (tertiary/aromatic N) is 6. The third-order valence-corrected chi connectivity index (χ3v) is 13.6. The number of benzene rings is 4.